The van der Waals surface area contributed by atoms with Crippen LogP contribution in [-0.2, 0) is 6.42 Å². The molecule has 1 aliphatic rings. The number of amides is 1. The van der Waals surface area contributed by atoms with E-state index in [1.807, 2.05) is 0 Å². The van der Waals surface area contributed by atoms with Crippen LogP contribution in [-0.4, -0.2) is 30.3 Å². The zero-order chi connectivity index (χ0) is 19.4. The van der Waals surface area contributed by atoms with E-state index in [0.717, 1.165) is 30.9 Å². The topological polar surface area (TPSA) is 29.5 Å². The van der Waals surface area contributed by atoms with Gasteiger partial charge in [0, 0.05) is 13.1 Å². The molecule has 0 radical (unpaired) electrons. The van der Waals surface area contributed by atoms with E-state index >= 15 is 0 Å². The van der Waals surface area contributed by atoms with Crippen molar-refractivity contribution < 1.29 is 27.1 Å². The predicted molar refractivity (Wildman–Crippen MR) is 91.9 cm³/mol. The number of piperidine rings is 1. The SMILES string of the molecule is O=C(c1ccccc1OC(F)(F)F)N1CCC(Cc2ccc(F)cc2)CC1. The monoisotopic (exact) mass is 381 g/mol. The standard InChI is InChI=1S/C20H19F4NO2/c21-16-7-5-14(6-8-16)13-15-9-11-25(12-10-15)19(26)17-3-1-2-4-18(17)27-20(22,23)24/h1-8,15H,9-13H2. The molecule has 7 heteroatoms. The van der Waals surface area contributed by atoms with Crippen LogP contribution in [0.5, 0.6) is 5.75 Å². The van der Waals surface area contributed by atoms with Crippen molar-refractivity contribution >= 4 is 5.91 Å². The van der Waals surface area contributed by atoms with Gasteiger partial charge in [-0.3, -0.25) is 4.79 Å². The van der Waals surface area contributed by atoms with Crippen molar-refractivity contribution in [1.82, 2.24) is 4.90 Å². The number of alkyl halides is 3. The number of benzene rings is 2. The third kappa shape index (κ3) is 5.21. The quantitative estimate of drug-likeness (QED) is 0.711. The van der Waals surface area contributed by atoms with E-state index in [1.165, 1.54) is 30.3 Å². The molecule has 3 rings (SSSR count). The molecular formula is C20H19F4NO2. The minimum atomic E-state index is -4.85. The van der Waals surface area contributed by atoms with Gasteiger partial charge in [-0.25, -0.2) is 4.39 Å². The first-order chi connectivity index (χ1) is 12.8. The Balaban J connectivity index is 1.61. The van der Waals surface area contributed by atoms with E-state index in [-0.39, 0.29) is 11.4 Å². The average Bonchev–Trinajstić information content (AvgIpc) is 2.63. The second-order valence-corrected chi connectivity index (χ2v) is 6.61. The molecule has 0 saturated carbocycles. The van der Waals surface area contributed by atoms with Crippen molar-refractivity contribution in [2.75, 3.05) is 13.1 Å². The molecule has 1 fully saturated rings. The molecule has 0 unspecified atom stereocenters. The highest BCUT2D eigenvalue weighted by atomic mass is 19.4. The molecule has 2 aromatic rings. The number of carbonyl (C=O) groups is 1. The number of para-hydroxylation sites is 1. The van der Waals surface area contributed by atoms with Crippen LogP contribution in [0.4, 0.5) is 17.6 Å². The Hall–Kier alpha value is -2.57. The van der Waals surface area contributed by atoms with Crippen molar-refractivity contribution in [2.24, 2.45) is 5.92 Å². The molecule has 1 saturated heterocycles. The fourth-order valence-corrected chi connectivity index (χ4v) is 3.32. The third-order valence-corrected chi connectivity index (χ3v) is 4.68. The number of nitrogens with zero attached hydrogens (tertiary/aromatic N) is 1. The Labute approximate surface area is 154 Å². The van der Waals surface area contributed by atoms with Gasteiger partial charge in [-0.1, -0.05) is 24.3 Å². The van der Waals surface area contributed by atoms with Crippen LogP contribution in [0.2, 0.25) is 0 Å². The third-order valence-electron chi connectivity index (χ3n) is 4.68. The zero-order valence-electron chi connectivity index (χ0n) is 14.5. The largest absolute Gasteiger partial charge is 0.573 e. The second kappa shape index (κ2) is 7.98. The summed E-state index contributed by atoms with van der Waals surface area (Å²) >= 11 is 0. The van der Waals surface area contributed by atoms with Gasteiger partial charge in [0.25, 0.3) is 5.91 Å². The van der Waals surface area contributed by atoms with Gasteiger partial charge in [0.1, 0.15) is 11.6 Å². The van der Waals surface area contributed by atoms with E-state index in [4.69, 9.17) is 0 Å². The number of carbonyl (C=O) groups excluding carboxylic acids is 1. The van der Waals surface area contributed by atoms with Gasteiger partial charge in [0.05, 0.1) is 5.56 Å². The fraction of sp³-hybridized carbons (Fsp3) is 0.350. The Morgan fingerprint density at radius 2 is 1.67 bits per heavy atom. The highest BCUT2D eigenvalue weighted by Crippen LogP contribution is 2.29. The smallest absolute Gasteiger partial charge is 0.405 e. The molecule has 0 bridgehead atoms. The van der Waals surface area contributed by atoms with E-state index in [9.17, 15) is 22.4 Å². The van der Waals surface area contributed by atoms with Crippen LogP contribution in [0.3, 0.4) is 0 Å². The van der Waals surface area contributed by atoms with Gasteiger partial charge in [-0.05, 0) is 55.0 Å². The van der Waals surface area contributed by atoms with E-state index in [1.54, 1.807) is 17.0 Å². The number of halogens is 4. The Bertz CT molecular complexity index is 781. The molecule has 0 spiro atoms. The Morgan fingerprint density at radius 3 is 2.30 bits per heavy atom. The van der Waals surface area contributed by atoms with Crippen LogP contribution >= 0.6 is 0 Å². The number of likely N-dealkylation sites (tertiary alicyclic amines) is 1. The summed E-state index contributed by atoms with van der Waals surface area (Å²) in [7, 11) is 0. The molecule has 27 heavy (non-hydrogen) atoms. The van der Waals surface area contributed by atoms with E-state index in [2.05, 4.69) is 4.74 Å². The molecule has 0 aromatic heterocycles. The zero-order valence-corrected chi connectivity index (χ0v) is 14.5. The number of hydrogen-bond acceptors (Lipinski definition) is 2. The first-order valence-corrected chi connectivity index (χ1v) is 8.70. The second-order valence-electron chi connectivity index (χ2n) is 6.61. The minimum absolute atomic E-state index is 0.0909. The van der Waals surface area contributed by atoms with Gasteiger partial charge >= 0.3 is 6.36 Å². The first-order valence-electron chi connectivity index (χ1n) is 8.70. The van der Waals surface area contributed by atoms with Gasteiger partial charge in [-0.2, -0.15) is 0 Å². The van der Waals surface area contributed by atoms with Crippen molar-refractivity contribution in [3.8, 4) is 5.75 Å². The maximum atomic E-state index is 13.0. The predicted octanol–water partition coefficient (Wildman–Crippen LogP) is 4.82. The summed E-state index contributed by atoms with van der Waals surface area (Å²) in [6.07, 6.45) is -2.58. The molecule has 2 aromatic carbocycles. The lowest BCUT2D eigenvalue weighted by molar-refractivity contribution is -0.274. The molecular weight excluding hydrogens is 362 g/mol. The number of ether oxygens (including phenoxy) is 1. The summed E-state index contributed by atoms with van der Waals surface area (Å²) in [6.45, 7) is 0.927. The highest BCUT2D eigenvalue weighted by molar-refractivity contribution is 5.97. The van der Waals surface area contributed by atoms with Gasteiger partial charge in [0.2, 0.25) is 0 Å². The summed E-state index contributed by atoms with van der Waals surface area (Å²) < 4.78 is 54.6. The summed E-state index contributed by atoms with van der Waals surface area (Å²) in [4.78, 5) is 14.2. The lowest BCUT2D eigenvalue weighted by Crippen LogP contribution is -2.39. The van der Waals surface area contributed by atoms with E-state index < -0.39 is 18.0 Å². The lowest BCUT2D eigenvalue weighted by Gasteiger charge is -2.32. The van der Waals surface area contributed by atoms with Gasteiger partial charge in [0.15, 0.2) is 0 Å². The van der Waals surface area contributed by atoms with Crippen molar-refractivity contribution in [2.45, 2.75) is 25.6 Å². The van der Waals surface area contributed by atoms with Gasteiger partial charge in [-0.15, -0.1) is 13.2 Å². The Kier molecular flexibility index (Phi) is 5.68. The summed E-state index contributed by atoms with van der Waals surface area (Å²) in [5, 5.41) is 0. The van der Waals surface area contributed by atoms with Crippen LogP contribution in [0, 0.1) is 11.7 Å². The van der Waals surface area contributed by atoms with E-state index in [0.29, 0.717) is 19.0 Å². The van der Waals surface area contributed by atoms with Gasteiger partial charge < -0.3 is 9.64 Å². The van der Waals surface area contributed by atoms with Crippen LogP contribution in [0.1, 0.15) is 28.8 Å². The molecule has 1 amide bonds. The lowest BCUT2D eigenvalue weighted by atomic mass is 9.90. The molecule has 0 N–H and O–H groups in total. The molecule has 1 aliphatic heterocycles. The molecule has 0 atom stereocenters. The van der Waals surface area contributed by atoms with Crippen molar-refractivity contribution in [1.29, 1.82) is 0 Å². The summed E-state index contributed by atoms with van der Waals surface area (Å²) in [5.74, 6) is -0.876. The van der Waals surface area contributed by atoms with Crippen LogP contribution < -0.4 is 4.74 Å². The Morgan fingerprint density at radius 1 is 1.04 bits per heavy atom. The number of rotatable bonds is 4. The van der Waals surface area contributed by atoms with Crippen molar-refractivity contribution in [3.63, 3.8) is 0 Å². The molecule has 0 aliphatic carbocycles. The van der Waals surface area contributed by atoms with Crippen LogP contribution in [0.25, 0.3) is 0 Å². The van der Waals surface area contributed by atoms with Crippen LogP contribution in [0.15, 0.2) is 48.5 Å². The number of hydrogen-bond donors (Lipinski definition) is 0. The average molecular weight is 381 g/mol. The summed E-state index contributed by atoms with van der Waals surface area (Å²) in [6, 6.07) is 11.7. The fourth-order valence-electron chi connectivity index (χ4n) is 3.32. The minimum Gasteiger partial charge on any atom is -0.405 e. The maximum absolute atomic E-state index is 13.0. The highest BCUT2D eigenvalue weighted by Gasteiger charge is 2.34. The molecule has 144 valence electrons. The summed E-state index contributed by atoms with van der Waals surface area (Å²) in [5.41, 5.74) is 0.942. The molecule has 3 nitrogen and oxygen atoms in total. The first kappa shape index (κ1) is 19.2. The van der Waals surface area contributed by atoms with Crippen molar-refractivity contribution in [3.05, 3.63) is 65.5 Å². The normalized spacial score (nSPS) is 15.6. The maximum Gasteiger partial charge on any atom is 0.573 e. The molecule has 1 heterocycles.